The predicted octanol–water partition coefficient (Wildman–Crippen LogP) is 2.03. The number of carbonyl (C=O) groups excluding carboxylic acids is 1. The molecule has 1 amide bonds. The maximum absolute atomic E-state index is 13.7. The molecule has 3 nitrogen and oxygen atoms in total. The molecule has 0 fully saturated rings. The number of benzene rings is 1. The van der Waals surface area contributed by atoms with Gasteiger partial charge >= 0.3 is 0 Å². The zero-order chi connectivity index (χ0) is 13.7. The molecule has 0 aliphatic rings. The van der Waals surface area contributed by atoms with Crippen molar-refractivity contribution < 1.29 is 13.6 Å². The molecule has 0 heterocycles. The molecule has 1 aromatic rings. The van der Waals surface area contributed by atoms with Gasteiger partial charge in [0.05, 0.1) is 12.2 Å². The Hall–Kier alpha value is -2.09. The van der Waals surface area contributed by atoms with E-state index in [0.717, 1.165) is 12.1 Å². The maximum Gasteiger partial charge on any atom is 0.260 e. The summed E-state index contributed by atoms with van der Waals surface area (Å²) in [6, 6.07) is 2.04. The molecule has 0 atom stereocenters. The van der Waals surface area contributed by atoms with Gasteiger partial charge < -0.3 is 10.6 Å². The maximum atomic E-state index is 13.7. The average Bonchev–Trinajstić information content (AvgIpc) is 2.34. The SMILES string of the molecule is C#CCN(CCC)C(=O)c1c(F)ccc(N)c1F. The Labute approximate surface area is 105 Å². The summed E-state index contributed by atoms with van der Waals surface area (Å²) in [6.45, 7) is 2.17. The second-order valence-corrected chi connectivity index (χ2v) is 3.76. The van der Waals surface area contributed by atoms with E-state index in [2.05, 4.69) is 5.92 Å². The number of amides is 1. The first-order valence-electron chi connectivity index (χ1n) is 5.49. The molecule has 1 aromatic carbocycles. The number of halogens is 2. The Morgan fingerprint density at radius 3 is 2.72 bits per heavy atom. The van der Waals surface area contributed by atoms with Crippen LogP contribution in [-0.2, 0) is 0 Å². The van der Waals surface area contributed by atoms with Crippen LogP contribution in [0.4, 0.5) is 14.5 Å². The third-order valence-electron chi connectivity index (χ3n) is 2.40. The lowest BCUT2D eigenvalue weighted by Crippen LogP contribution is -2.33. The number of anilines is 1. The lowest BCUT2D eigenvalue weighted by Gasteiger charge is -2.20. The van der Waals surface area contributed by atoms with Crippen LogP contribution in [0.2, 0.25) is 0 Å². The van der Waals surface area contributed by atoms with Crippen molar-refractivity contribution in [1.82, 2.24) is 4.90 Å². The summed E-state index contributed by atoms with van der Waals surface area (Å²) in [4.78, 5) is 13.2. The van der Waals surface area contributed by atoms with E-state index in [1.54, 1.807) is 0 Å². The zero-order valence-electron chi connectivity index (χ0n) is 10.0. The van der Waals surface area contributed by atoms with Gasteiger partial charge in [0, 0.05) is 6.54 Å². The molecule has 0 aromatic heterocycles. The molecule has 0 spiro atoms. The minimum absolute atomic E-state index is 0.000350. The second-order valence-electron chi connectivity index (χ2n) is 3.76. The van der Waals surface area contributed by atoms with E-state index in [0.29, 0.717) is 13.0 Å². The fourth-order valence-electron chi connectivity index (χ4n) is 1.56. The molecular weight excluding hydrogens is 238 g/mol. The number of hydrogen-bond acceptors (Lipinski definition) is 2. The molecule has 0 saturated carbocycles. The highest BCUT2D eigenvalue weighted by Gasteiger charge is 2.23. The summed E-state index contributed by atoms with van der Waals surface area (Å²) in [5.41, 5.74) is 4.40. The van der Waals surface area contributed by atoms with Crippen LogP contribution in [0.25, 0.3) is 0 Å². The summed E-state index contributed by atoms with van der Waals surface area (Å²) >= 11 is 0. The van der Waals surface area contributed by atoms with E-state index < -0.39 is 23.1 Å². The summed E-state index contributed by atoms with van der Waals surface area (Å²) in [6.07, 6.45) is 5.76. The third kappa shape index (κ3) is 2.77. The van der Waals surface area contributed by atoms with E-state index in [9.17, 15) is 13.6 Å². The number of nitrogens with zero attached hydrogens (tertiary/aromatic N) is 1. The minimum Gasteiger partial charge on any atom is -0.396 e. The van der Waals surface area contributed by atoms with Gasteiger partial charge in [-0.25, -0.2) is 8.78 Å². The predicted molar refractivity (Wildman–Crippen MR) is 65.8 cm³/mol. The fourth-order valence-corrected chi connectivity index (χ4v) is 1.56. The van der Waals surface area contributed by atoms with E-state index in [-0.39, 0.29) is 12.2 Å². The Morgan fingerprint density at radius 1 is 1.50 bits per heavy atom. The van der Waals surface area contributed by atoms with Gasteiger partial charge in [-0.2, -0.15) is 0 Å². The zero-order valence-corrected chi connectivity index (χ0v) is 10.0. The topological polar surface area (TPSA) is 46.3 Å². The molecule has 0 saturated heterocycles. The van der Waals surface area contributed by atoms with Crippen molar-refractivity contribution >= 4 is 11.6 Å². The summed E-state index contributed by atoms with van der Waals surface area (Å²) in [5, 5.41) is 0. The summed E-state index contributed by atoms with van der Waals surface area (Å²) in [5.74, 6) is -0.478. The van der Waals surface area contributed by atoms with Crippen LogP contribution in [0.1, 0.15) is 23.7 Å². The number of terminal acetylenes is 1. The molecule has 0 unspecified atom stereocenters. The van der Waals surface area contributed by atoms with Gasteiger partial charge in [0.15, 0.2) is 5.82 Å². The molecule has 1 rings (SSSR count). The molecule has 18 heavy (non-hydrogen) atoms. The lowest BCUT2D eigenvalue weighted by atomic mass is 10.1. The number of rotatable bonds is 4. The largest absolute Gasteiger partial charge is 0.396 e. The number of nitrogen functional groups attached to an aromatic ring is 1. The van der Waals surface area contributed by atoms with Crippen LogP contribution >= 0.6 is 0 Å². The van der Waals surface area contributed by atoms with Crippen molar-refractivity contribution in [3.8, 4) is 12.3 Å². The monoisotopic (exact) mass is 252 g/mol. The van der Waals surface area contributed by atoms with Crippen LogP contribution in [0.5, 0.6) is 0 Å². The van der Waals surface area contributed by atoms with Crippen molar-refractivity contribution in [2.75, 3.05) is 18.8 Å². The van der Waals surface area contributed by atoms with Gasteiger partial charge in [-0.3, -0.25) is 4.79 Å². The van der Waals surface area contributed by atoms with Gasteiger partial charge in [0.25, 0.3) is 5.91 Å². The van der Waals surface area contributed by atoms with Crippen LogP contribution in [0, 0.1) is 24.0 Å². The van der Waals surface area contributed by atoms with Gasteiger partial charge in [-0.05, 0) is 18.6 Å². The third-order valence-corrected chi connectivity index (χ3v) is 2.40. The van der Waals surface area contributed by atoms with E-state index in [1.165, 1.54) is 4.90 Å². The van der Waals surface area contributed by atoms with Crippen molar-refractivity contribution in [1.29, 1.82) is 0 Å². The second kappa shape index (κ2) is 6.01. The van der Waals surface area contributed by atoms with Gasteiger partial charge in [-0.15, -0.1) is 6.42 Å². The quantitative estimate of drug-likeness (QED) is 0.658. The van der Waals surface area contributed by atoms with E-state index >= 15 is 0 Å². The molecule has 0 aliphatic carbocycles. The molecule has 0 bridgehead atoms. The highest BCUT2D eigenvalue weighted by molar-refractivity contribution is 5.95. The first kappa shape index (κ1) is 14.0. The number of carbonyl (C=O) groups is 1. The van der Waals surface area contributed by atoms with Crippen LogP contribution in [-0.4, -0.2) is 23.9 Å². The van der Waals surface area contributed by atoms with Crippen LogP contribution < -0.4 is 5.73 Å². The van der Waals surface area contributed by atoms with Crippen molar-refractivity contribution in [3.63, 3.8) is 0 Å². The first-order chi connectivity index (χ1) is 8.52. The highest BCUT2D eigenvalue weighted by atomic mass is 19.1. The van der Waals surface area contributed by atoms with Crippen molar-refractivity contribution in [3.05, 3.63) is 29.3 Å². The molecule has 2 N–H and O–H groups in total. The van der Waals surface area contributed by atoms with Crippen molar-refractivity contribution in [2.45, 2.75) is 13.3 Å². The number of hydrogen-bond donors (Lipinski definition) is 1. The van der Waals surface area contributed by atoms with Gasteiger partial charge in [-0.1, -0.05) is 12.8 Å². The fraction of sp³-hybridized carbons (Fsp3) is 0.308. The summed E-state index contributed by atoms with van der Waals surface area (Å²) in [7, 11) is 0. The van der Waals surface area contributed by atoms with Crippen LogP contribution in [0.3, 0.4) is 0 Å². The molecule has 0 radical (unpaired) electrons. The van der Waals surface area contributed by atoms with E-state index in [4.69, 9.17) is 12.2 Å². The number of nitrogens with two attached hydrogens (primary N) is 1. The molecule has 0 aliphatic heterocycles. The van der Waals surface area contributed by atoms with Gasteiger partial charge in [0.1, 0.15) is 11.4 Å². The highest BCUT2D eigenvalue weighted by Crippen LogP contribution is 2.20. The van der Waals surface area contributed by atoms with Crippen molar-refractivity contribution in [2.24, 2.45) is 0 Å². The first-order valence-corrected chi connectivity index (χ1v) is 5.49. The standard InChI is InChI=1S/C13H14F2N2O/c1-3-7-17(8-4-2)13(18)11-9(14)5-6-10(16)12(11)15/h1,5-6H,4,7-8,16H2,2H3. The molecule has 96 valence electrons. The minimum atomic E-state index is -1.04. The Bertz CT molecular complexity index is 494. The Morgan fingerprint density at radius 2 is 2.17 bits per heavy atom. The Kier molecular flexibility index (Phi) is 4.67. The smallest absolute Gasteiger partial charge is 0.260 e. The van der Waals surface area contributed by atoms with Gasteiger partial charge in [0.2, 0.25) is 0 Å². The Balaban J connectivity index is 3.16. The van der Waals surface area contributed by atoms with E-state index in [1.807, 2.05) is 6.92 Å². The van der Waals surface area contributed by atoms with Crippen LogP contribution in [0.15, 0.2) is 12.1 Å². The molecule has 5 heteroatoms. The normalized spacial score (nSPS) is 9.89. The molecular formula is C13H14F2N2O. The average molecular weight is 252 g/mol. The summed E-state index contributed by atoms with van der Waals surface area (Å²) < 4.78 is 27.2. The lowest BCUT2D eigenvalue weighted by molar-refractivity contribution is 0.0767.